The van der Waals surface area contributed by atoms with E-state index in [-0.39, 0.29) is 0 Å². The van der Waals surface area contributed by atoms with Crippen LogP contribution in [0.15, 0.2) is 18.2 Å². The normalized spacial score (nSPS) is 20.2. The molecule has 0 unspecified atom stereocenters. The van der Waals surface area contributed by atoms with Crippen LogP contribution >= 0.6 is 0 Å². The number of hydrogen-bond donors (Lipinski definition) is 3. The van der Waals surface area contributed by atoms with Gasteiger partial charge in [0.2, 0.25) is 10.3 Å². The summed E-state index contributed by atoms with van der Waals surface area (Å²) in [5.74, 6) is 0. The Hall–Kier alpha value is -1.37. The molecule has 1 spiro atoms. The molecular formula is C13H17N3O2S. The lowest BCUT2D eigenvalue weighted by molar-refractivity contribution is 0.405. The summed E-state index contributed by atoms with van der Waals surface area (Å²) in [6.07, 6.45) is 1.59. The highest BCUT2D eigenvalue weighted by molar-refractivity contribution is 7.73. The molecule has 0 atom stereocenters. The largest absolute Gasteiger partial charge is 0.345 e. The predicted octanol–water partition coefficient (Wildman–Crippen LogP) is 0.201. The lowest BCUT2D eigenvalue weighted by atomic mass is 9.74. The molecule has 1 saturated heterocycles. The monoisotopic (exact) mass is 279 g/mol. The molecule has 0 saturated carbocycles. The van der Waals surface area contributed by atoms with Crippen molar-refractivity contribution in [3.05, 3.63) is 29.3 Å². The lowest BCUT2D eigenvalue weighted by Gasteiger charge is -2.33. The minimum Gasteiger partial charge on any atom is -0.345 e. The Labute approximate surface area is 113 Å². The summed E-state index contributed by atoms with van der Waals surface area (Å²) in [5, 5.41) is 6.37. The maximum atomic E-state index is 11.6. The average Bonchev–Trinajstić information content (AvgIpc) is 2.74. The van der Waals surface area contributed by atoms with E-state index >= 15 is 0 Å². The topological polar surface area (TPSA) is 84.2 Å². The fourth-order valence-electron chi connectivity index (χ4n) is 3.14. The number of hydrogen-bond acceptors (Lipinski definition) is 4. The summed E-state index contributed by atoms with van der Waals surface area (Å²) < 4.78 is 23.1. The van der Waals surface area contributed by atoms with Crippen molar-refractivity contribution >= 4 is 21.0 Å². The van der Waals surface area contributed by atoms with Crippen LogP contribution in [0.1, 0.15) is 24.0 Å². The molecule has 2 aliphatic rings. The standard InChI is InChI=1S/C13H17N3O2S/c14-8-9-1-2-11-10(7-9)13(3-5-15-6-4-13)12(16-11)19(17)18/h1-2,7,15-16H,3-6,8,14H2. The third-order valence-electron chi connectivity index (χ3n) is 4.14. The van der Waals surface area contributed by atoms with Crippen LogP contribution in [0.2, 0.25) is 0 Å². The Balaban J connectivity index is 2.22. The van der Waals surface area contributed by atoms with Crippen molar-refractivity contribution in [3.63, 3.8) is 0 Å². The fraction of sp³-hybridized carbons (Fsp3) is 0.462. The second-order valence-electron chi connectivity index (χ2n) is 5.10. The molecular weight excluding hydrogens is 262 g/mol. The number of anilines is 1. The Kier molecular flexibility index (Phi) is 3.08. The van der Waals surface area contributed by atoms with Crippen molar-refractivity contribution in [2.45, 2.75) is 24.8 Å². The first-order chi connectivity index (χ1) is 9.17. The van der Waals surface area contributed by atoms with Gasteiger partial charge in [0, 0.05) is 12.2 Å². The average molecular weight is 279 g/mol. The number of nitrogens with one attached hydrogen (secondary N) is 2. The molecule has 1 fully saturated rings. The summed E-state index contributed by atoms with van der Waals surface area (Å²) in [6, 6.07) is 5.92. The van der Waals surface area contributed by atoms with Crippen LogP contribution in [0.4, 0.5) is 5.69 Å². The number of rotatable bonds is 1. The van der Waals surface area contributed by atoms with E-state index in [1.807, 2.05) is 18.2 Å². The third kappa shape index (κ3) is 1.87. The molecule has 3 rings (SSSR count). The summed E-state index contributed by atoms with van der Waals surface area (Å²) in [6.45, 7) is 2.13. The zero-order valence-electron chi connectivity index (χ0n) is 10.6. The quantitative estimate of drug-likeness (QED) is 0.640. The first-order valence-electron chi connectivity index (χ1n) is 6.45. The van der Waals surface area contributed by atoms with Crippen molar-refractivity contribution in [1.82, 2.24) is 5.32 Å². The zero-order chi connectivity index (χ0) is 13.5. The highest BCUT2D eigenvalue weighted by atomic mass is 32.2. The van der Waals surface area contributed by atoms with Gasteiger partial charge in [0.05, 0.1) is 5.41 Å². The number of benzene rings is 1. The molecule has 6 heteroatoms. The van der Waals surface area contributed by atoms with Gasteiger partial charge in [-0.05, 0) is 43.1 Å². The highest BCUT2D eigenvalue weighted by Crippen LogP contribution is 2.44. The molecule has 19 heavy (non-hydrogen) atoms. The maximum Gasteiger partial charge on any atom is 0.234 e. The molecule has 1 aromatic carbocycles. The molecule has 0 amide bonds. The van der Waals surface area contributed by atoms with E-state index in [0.29, 0.717) is 11.5 Å². The zero-order valence-corrected chi connectivity index (χ0v) is 11.4. The van der Waals surface area contributed by atoms with Gasteiger partial charge >= 0.3 is 0 Å². The van der Waals surface area contributed by atoms with E-state index in [0.717, 1.165) is 42.7 Å². The van der Waals surface area contributed by atoms with Crippen LogP contribution < -0.4 is 16.4 Å². The first kappa shape index (κ1) is 12.7. The second kappa shape index (κ2) is 4.63. The number of piperidine rings is 1. The molecule has 0 aliphatic carbocycles. The molecule has 1 aromatic rings. The molecule has 0 radical (unpaired) electrons. The summed E-state index contributed by atoms with van der Waals surface area (Å²) in [5.41, 5.74) is 8.32. The highest BCUT2D eigenvalue weighted by Gasteiger charge is 2.46. The van der Waals surface area contributed by atoms with Crippen molar-refractivity contribution in [1.29, 1.82) is 0 Å². The van der Waals surface area contributed by atoms with Gasteiger partial charge in [0.15, 0.2) is 0 Å². The van der Waals surface area contributed by atoms with Gasteiger partial charge in [-0.1, -0.05) is 12.1 Å². The molecule has 2 heterocycles. The minimum absolute atomic E-state index is 0.391. The van der Waals surface area contributed by atoms with Gasteiger partial charge in [0.25, 0.3) is 0 Å². The molecule has 4 N–H and O–H groups in total. The van der Waals surface area contributed by atoms with Crippen LogP contribution in [0.25, 0.3) is 0 Å². The second-order valence-corrected chi connectivity index (χ2v) is 5.98. The van der Waals surface area contributed by atoms with Crippen LogP contribution in [0, 0.1) is 0 Å². The van der Waals surface area contributed by atoms with Gasteiger partial charge in [-0.2, -0.15) is 8.42 Å². The van der Waals surface area contributed by atoms with Crippen LogP contribution in [-0.4, -0.2) is 26.5 Å². The van der Waals surface area contributed by atoms with Gasteiger partial charge in [-0.3, -0.25) is 0 Å². The molecule has 102 valence electrons. The van der Waals surface area contributed by atoms with Crippen molar-refractivity contribution in [3.8, 4) is 0 Å². The fourth-order valence-corrected chi connectivity index (χ4v) is 3.97. The van der Waals surface area contributed by atoms with E-state index in [9.17, 15) is 8.42 Å². The van der Waals surface area contributed by atoms with Crippen molar-refractivity contribution < 1.29 is 8.42 Å². The van der Waals surface area contributed by atoms with Crippen LogP contribution in [-0.2, 0) is 22.3 Å². The van der Waals surface area contributed by atoms with Gasteiger partial charge < -0.3 is 16.4 Å². The van der Waals surface area contributed by atoms with E-state index in [2.05, 4.69) is 10.6 Å². The Bertz CT molecular complexity index is 638. The smallest absolute Gasteiger partial charge is 0.234 e. The lowest BCUT2D eigenvalue weighted by Crippen LogP contribution is -2.44. The molecule has 5 nitrogen and oxygen atoms in total. The van der Waals surface area contributed by atoms with E-state index < -0.39 is 15.7 Å². The minimum atomic E-state index is -2.22. The Morgan fingerprint density at radius 3 is 2.63 bits per heavy atom. The first-order valence-corrected chi connectivity index (χ1v) is 7.53. The summed E-state index contributed by atoms with van der Waals surface area (Å²) >= 11 is 0. The number of fused-ring (bicyclic) bond motifs is 2. The summed E-state index contributed by atoms with van der Waals surface area (Å²) in [7, 11) is -2.22. The van der Waals surface area contributed by atoms with Crippen molar-refractivity contribution in [2.75, 3.05) is 18.4 Å². The van der Waals surface area contributed by atoms with Crippen molar-refractivity contribution in [2.24, 2.45) is 5.73 Å². The van der Waals surface area contributed by atoms with E-state index in [1.54, 1.807) is 0 Å². The van der Waals surface area contributed by atoms with Gasteiger partial charge in [0.1, 0.15) is 4.99 Å². The third-order valence-corrected chi connectivity index (χ3v) is 4.97. The molecule has 0 aromatic heterocycles. The molecule has 0 bridgehead atoms. The predicted molar refractivity (Wildman–Crippen MR) is 75.7 cm³/mol. The van der Waals surface area contributed by atoms with Gasteiger partial charge in [-0.25, -0.2) is 0 Å². The summed E-state index contributed by atoms with van der Waals surface area (Å²) in [4.78, 5) is 0.415. The Morgan fingerprint density at radius 1 is 1.26 bits per heavy atom. The SMILES string of the molecule is NCc1ccc2c(c1)C1(CCNCC1)C(=S(=O)=O)N2. The van der Waals surface area contributed by atoms with E-state index in [4.69, 9.17) is 5.73 Å². The van der Waals surface area contributed by atoms with Gasteiger partial charge in [-0.15, -0.1) is 0 Å². The van der Waals surface area contributed by atoms with E-state index in [1.165, 1.54) is 0 Å². The maximum absolute atomic E-state index is 11.6. The Morgan fingerprint density at radius 2 is 2.00 bits per heavy atom. The van der Waals surface area contributed by atoms with Crippen LogP contribution in [0.5, 0.6) is 0 Å². The van der Waals surface area contributed by atoms with Crippen LogP contribution in [0.3, 0.4) is 0 Å². The number of nitrogens with two attached hydrogens (primary N) is 1. The molecule has 2 aliphatic heterocycles.